The molecule has 124 valence electrons. The molecule has 0 aromatic carbocycles. The van der Waals surface area contributed by atoms with Crippen LogP contribution in [-0.2, 0) is 11.3 Å². The van der Waals surface area contributed by atoms with Crippen molar-refractivity contribution in [2.45, 2.75) is 33.4 Å². The molecule has 0 aliphatic heterocycles. The Kier molecular flexibility index (Phi) is 5.81. The number of hydrogen-bond donors (Lipinski definition) is 0. The van der Waals surface area contributed by atoms with Gasteiger partial charge in [-0.25, -0.2) is 9.97 Å². The normalized spacial score (nSPS) is 12.2. The fraction of sp³-hybridized carbons (Fsp3) is 0.500. The van der Waals surface area contributed by atoms with Crippen LogP contribution in [-0.4, -0.2) is 50.8 Å². The van der Waals surface area contributed by atoms with E-state index in [1.807, 2.05) is 26.8 Å². The van der Waals surface area contributed by atoms with Crippen LogP contribution in [0, 0.1) is 6.92 Å². The third kappa shape index (κ3) is 4.13. The molecule has 0 spiro atoms. The summed E-state index contributed by atoms with van der Waals surface area (Å²) < 4.78 is 7.06. The first-order valence-corrected chi connectivity index (χ1v) is 7.69. The van der Waals surface area contributed by atoms with Crippen LogP contribution in [0.4, 0.5) is 0 Å². The first-order chi connectivity index (χ1) is 11.0. The fourth-order valence-corrected chi connectivity index (χ4v) is 2.29. The quantitative estimate of drug-likeness (QED) is 0.729. The van der Waals surface area contributed by atoms with E-state index in [0.29, 0.717) is 25.5 Å². The third-order valence-corrected chi connectivity index (χ3v) is 3.71. The lowest BCUT2D eigenvalue weighted by Gasteiger charge is -2.24. The second-order valence-corrected chi connectivity index (χ2v) is 5.32. The number of ether oxygens (including phenoxy) is 1. The van der Waals surface area contributed by atoms with Gasteiger partial charge in [-0.15, -0.1) is 0 Å². The molecule has 7 heteroatoms. The van der Waals surface area contributed by atoms with Crippen molar-refractivity contribution >= 4 is 5.91 Å². The van der Waals surface area contributed by atoms with Crippen molar-refractivity contribution < 1.29 is 9.53 Å². The number of nitrogens with zero attached hydrogens (tertiary/aromatic N) is 5. The molecule has 0 bridgehead atoms. The summed E-state index contributed by atoms with van der Waals surface area (Å²) in [7, 11) is 1.77. The van der Waals surface area contributed by atoms with Gasteiger partial charge in [-0.1, -0.05) is 0 Å². The van der Waals surface area contributed by atoms with E-state index < -0.39 is 0 Å². The second-order valence-electron chi connectivity index (χ2n) is 5.32. The van der Waals surface area contributed by atoms with Crippen molar-refractivity contribution in [3.8, 4) is 0 Å². The lowest BCUT2D eigenvalue weighted by Crippen LogP contribution is -2.32. The highest BCUT2D eigenvalue weighted by Crippen LogP contribution is 2.18. The smallest absolute Gasteiger partial charge is 0.272 e. The van der Waals surface area contributed by atoms with Crippen LogP contribution in [0.5, 0.6) is 0 Å². The number of carbonyl (C=O) groups is 1. The van der Waals surface area contributed by atoms with E-state index in [0.717, 1.165) is 11.4 Å². The molecule has 1 unspecified atom stereocenters. The van der Waals surface area contributed by atoms with Gasteiger partial charge in [0.05, 0.1) is 30.6 Å². The number of amides is 1. The molecule has 0 saturated heterocycles. The van der Waals surface area contributed by atoms with Crippen LogP contribution >= 0.6 is 0 Å². The van der Waals surface area contributed by atoms with Gasteiger partial charge in [0.2, 0.25) is 0 Å². The van der Waals surface area contributed by atoms with E-state index in [2.05, 4.69) is 15.1 Å². The largest absolute Gasteiger partial charge is 0.380 e. The van der Waals surface area contributed by atoms with Gasteiger partial charge in [-0.3, -0.25) is 9.48 Å². The average molecular weight is 317 g/mol. The molecule has 2 rings (SSSR count). The molecule has 0 saturated carbocycles. The van der Waals surface area contributed by atoms with E-state index in [-0.39, 0.29) is 11.9 Å². The molecule has 0 radical (unpaired) electrons. The lowest BCUT2D eigenvalue weighted by atomic mass is 10.2. The van der Waals surface area contributed by atoms with Gasteiger partial charge < -0.3 is 9.64 Å². The van der Waals surface area contributed by atoms with Crippen LogP contribution in [0.1, 0.15) is 41.8 Å². The number of hydrogen-bond acceptors (Lipinski definition) is 5. The van der Waals surface area contributed by atoms with Crippen LogP contribution in [0.15, 0.2) is 24.7 Å². The van der Waals surface area contributed by atoms with E-state index in [9.17, 15) is 4.79 Å². The molecule has 1 atom stereocenters. The monoisotopic (exact) mass is 317 g/mol. The summed E-state index contributed by atoms with van der Waals surface area (Å²) in [5, 5.41) is 4.38. The van der Waals surface area contributed by atoms with Crippen molar-refractivity contribution in [2.24, 2.45) is 0 Å². The Morgan fingerprint density at radius 3 is 2.91 bits per heavy atom. The van der Waals surface area contributed by atoms with Gasteiger partial charge in [0, 0.05) is 19.9 Å². The van der Waals surface area contributed by atoms with Gasteiger partial charge in [0.15, 0.2) is 0 Å². The van der Waals surface area contributed by atoms with Crippen LogP contribution < -0.4 is 0 Å². The van der Waals surface area contributed by atoms with Crippen molar-refractivity contribution in [2.75, 3.05) is 20.3 Å². The Labute approximate surface area is 136 Å². The van der Waals surface area contributed by atoms with Gasteiger partial charge in [0.1, 0.15) is 12.0 Å². The molecule has 23 heavy (non-hydrogen) atoms. The minimum absolute atomic E-state index is 0.0896. The summed E-state index contributed by atoms with van der Waals surface area (Å²) in [6.45, 7) is 7.49. The molecule has 0 N–H and O–H groups in total. The number of aryl methyl sites for hydroxylation is 1. The zero-order chi connectivity index (χ0) is 16.8. The van der Waals surface area contributed by atoms with Crippen molar-refractivity contribution in [3.05, 3.63) is 41.7 Å². The van der Waals surface area contributed by atoms with Crippen LogP contribution in [0.2, 0.25) is 0 Å². The van der Waals surface area contributed by atoms with Gasteiger partial charge in [0.25, 0.3) is 5.91 Å². The highest BCUT2D eigenvalue weighted by Gasteiger charge is 2.23. The second kappa shape index (κ2) is 7.82. The summed E-state index contributed by atoms with van der Waals surface area (Å²) >= 11 is 0. The van der Waals surface area contributed by atoms with Crippen molar-refractivity contribution in [1.29, 1.82) is 0 Å². The molecule has 2 aromatic rings. The molecule has 1 amide bonds. The zero-order valence-corrected chi connectivity index (χ0v) is 14.1. The summed E-state index contributed by atoms with van der Waals surface area (Å²) in [6.07, 6.45) is 3.16. The SMILES string of the molecule is CCOCCn1nc(C)cc1C(=O)N(C)C(C)c1ccncn1. The maximum absolute atomic E-state index is 12.8. The summed E-state index contributed by atoms with van der Waals surface area (Å²) in [5.74, 6) is -0.0896. The summed E-state index contributed by atoms with van der Waals surface area (Å²) in [6, 6.07) is 3.46. The Balaban J connectivity index is 2.16. The maximum Gasteiger partial charge on any atom is 0.272 e. The van der Waals surface area contributed by atoms with Crippen molar-refractivity contribution in [3.63, 3.8) is 0 Å². The predicted molar refractivity (Wildman–Crippen MR) is 86.0 cm³/mol. The summed E-state index contributed by atoms with van der Waals surface area (Å²) in [4.78, 5) is 22.6. The topological polar surface area (TPSA) is 73.1 Å². The molecule has 0 aliphatic carbocycles. The minimum Gasteiger partial charge on any atom is -0.380 e. The van der Waals surface area contributed by atoms with E-state index >= 15 is 0 Å². The third-order valence-electron chi connectivity index (χ3n) is 3.71. The first kappa shape index (κ1) is 17.1. The predicted octanol–water partition coefficient (Wildman–Crippen LogP) is 1.85. The molecular weight excluding hydrogens is 294 g/mol. The molecule has 0 aliphatic rings. The van der Waals surface area contributed by atoms with E-state index in [1.165, 1.54) is 6.33 Å². The maximum atomic E-state index is 12.8. The number of carbonyl (C=O) groups excluding carboxylic acids is 1. The Morgan fingerprint density at radius 1 is 1.48 bits per heavy atom. The van der Waals surface area contributed by atoms with Crippen molar-refractivity contribution in [1.82, 2.24) is 24.6 Å². The van der Waals surface area contributed by atoms with Crippen LogP contribution in [0.3, 0.4) is 0 Å². The standard InChI is InChI=1S/C16H23N5O2/c1-5-23-9-8-21-15(10-12(2)19-21)16(22)20(4)13(3)14-6-7-17-11-18-14/h6-7,10-11,13H,5,8-9H2,1-4H3. The minimum atomic E-state index is -0.152. The first-order valence-electron chi connectivity index (χ1n) is 7.69. The highest BCUT2D eigenvalue weighted by atomic mass is 16.5. The molecule has 0 fully saturated rings. The van der Waals surface area contributed by atoms with Crippen LogP contribution in [0.25, 0.3) is 0 Å². The fourth-order valence-electron chi connectivity index (χ4n) is 2.29. The molecular formula is C16H23N5O2. The molecule has 2 heterocycles. The highest BCUT2D eigenvalue weighted by molar-refractivity contribution is 5.92. The Bertz CT molecular complexity index is 641. The van der Waals surface area contributed by atoms with E-state index in [4.69, 9.17) is 4.74 Å². The molecule has 2 aromatic heterocycles. The van der Waals surface area contributed by atoms with E-state index in [1.54, 1.807) is 28.9 Å². The summed E-state index contributed by atoms with van der Waals surface area (Å²) in [5.41, 5.74) is 2.17. The van der Waals surface area contributed by atoms with Gasteiger partial charge in [-0.05, 0) is 32.9 Å². The lowest BCUT2D eigenvalue weighted by molar-refractivity contribution is 0.0721. The Hall–Kier alpha value is -2.28. The molecule has 7 nitrogen and oxygen atoms in total. The average Bonchev–Trinajstić information content (AvgIpc) is 2.94. The number of aromatic nitrogens is 4. The Morgan fingerprint density at radius 2 is 2.26 bits per heavy atom. The van der Waals surface area contributed by atoms with Gasteiger partial charge >= 0.3 is 0 Å². The number of rotatable bonds is 7. The zero-order valence-electron chi connectivity index (χ0n) is 14.1. The van der Waals surface area contributed by atoms with Gasteiger partial charge in [-0.2, -0.15) is 5.10 Å².